The van der Waals surface area contributed by atoms with E-state index in [1.807, 2.05) is 6.92 Å². The molecule has 2 aliphatic heterocycles. The first-order valence-corrected chi connectivity index (χ1v) is 5.95. The fourth-order valence-corrected chi connectivity index (χ4v) is 3.32. The lowest BCUT2D eigenvalue weighted by Crippen LogP contribution is -2.55. The predicted molar refractivity (Wildman–Crippen MR) is 59.1 cm³/mol. The Morgan fingerprint density at radius 2 is 1.93 bits per heavy atom. The first kappa shape index (κ1) is 10.9. The van der Waals surface area contributed by atoms with Gasteiger partial charge in [0.15, 0.2) is 0 Å². The van der Waals surface area contributed by atoms with E-state index in [1.165, 1.54) is 12.8 Å². The van der Waals surface area contributed by atoms with Crippen molar-refractivity contribution in [2.45, 2.75) is 63.2 Å². The summed E-state index contributed by atoms with van der Waals surface area (Å²) in [4.78, 5) is 13.7. The van der Waals surface area contributed by atoms with E-state index in [0.717, 1.165) is 19.3 Å². The molecule has 4 nitrogen and oxygen atoms in total. The number of carbonyl (C=O) groups is 1. The maximum Gasteiger partial charge on any atom is 0.234 e. The second-order valence-corrected chi connectivity index (χ2v) is 4.89. The Bertz CT molecular complexity index is 242. The lowest BCUT2D eigenvalue weighted by molar-refractivity contribution is -0.125. The number of rotatable bonds is 3. The number of carbonyl (C=O) groups excluding carboxylic acids is 1. The predicted octanol–water partition coefficient (Wildman–Crippen LogP) is 0.204. The molecule has 2 rings (SSSR count). The standard InChI is InChI=1S/C11H21N3O/c1-2-10(11(13)15)14-8-3-4-9(14)6-7(12)5-8/h7-10H,2-6,12H2,1H3,(H2,13,15). The third-order valence-electron chi connectivity index (χ3n) is 3.90. The molecule has 2 aliphatic rings. The summed E-state index contributed by atoms with van der Waals surface area (Å²) in [6.07, 6.45) is 5.24. The van der Waals surface area contributed by atoms with Gasteiger partial charge in [-0.05, 0) is 32.1 Å². The normalized spacial score (nSPS) is 37.9. The van der Waals surface area contributed by atoms with Crippen LogP contribution in [-0.4, -0.2) is 35.0 Å². The van der Waals surface area contributed by atoms with Crippen molar-refractivity contribution in [2.24, 2.45) is 11.5 Å². The second kappa shape index (κ2) is 4.10. The molecule has 2 saturated heterocycles. The quantitative estimate of drug-likeness (QED) is 0.700. The SMILES string of the molecule is CCC(C(N)=O)N1C2CCC1CC(N)C2. The van der Waals surface area contributed by atoms with Crippen molar-refractivity contribution >= 4 is 5.91 Å². The van der Waals surface area contributed by atoms with Crippen molar-refractivity contribution in [1.82, 2.24) is 4.90 Å². The van der Waals surface area contributed by atoms with Crippen LogP contribution in [0.1, 0.15) is 39.0 Å². The van der Waals surface area contributed by atoms with E-state index >= 15 is 0 Å². The molecule has 2 bridgehead atoms. The number of amides is 1. The van der Waals surface area contributed by atoms with Gasteiger partial charge in [-0.1, -0.05) is 6.92 Å². The maximum absolute atomic E-state index is 11.4. The number of fused-ring (bicyclic) bond motifs is 2. The smallest absolute Gasteiger partial charge is 0.234 e. The molecule has 0 aromatic rings. The van der Waals surface area contributed by atoms with Crippen LogP contribution in [0.25, 0.3) is 0 Å². The molecule has 1 amide bonds. The minimum absolute atomic E-state index is 0.0741. The van der Waals surface area contributed by atoms with Crippen molar-refractivity contribution in [1.29, 1.82) is 0 Å². The highest BCUT2D eigenvalue weighted by Crippen LogP contribution is 2.37. The number of piperidine rings is 1. The minimum atomic E-state index is -0.176. The zero-order chi connectivity index (χ0) is 11.0. The van der Waals surface area contributed by atoms with Gasteiger partial charge in [0, 0.05) is 18.1 Å². The average molecular weight is 211 g/mol. The minimum Gasteiger partial charge on any atom is -0.368 e. The molecule has 4 N–H and O–H groups in total. The Morgan fingerprint density at radius 3 is 2.33 bits per heavy atom. The number of hydrogen-bond donors (Lipinski definition) is 2. The van der Waals surface area contributed by atoms with Crippen molar-refractivity contribution < 1.29 is 4.79 Å². The van der Waals surface area contributed by atoms with E-state index in [1.54, 1.807) is 0 Å². The molecule has 2 heterocycles. The van der Waals surface area contributed by atoms with Crippen LogP contribution in [0, 0.1) is 0 Å². The van der Waals surface area contributed by atoms with Crippen molar-refractivity contribution in [3.63, 3.8) is 0 Å². The third kappa shape index (κ3) is 1.88. The molecule has 0 radical (unpaired) electrons. The van der Waals surface area contributed by atoms with Crippen LogP contribution in [0.5, 0.6) is 0 Å². The van der Waals surface area contributed by atoms with Gasteiger partial charge in [0.2, 0.25) is 5.91 Å². The first-order valence-electron chi connectivity index (χ1n) is 5.95. The van der Waals surface area contributed by atoms with Gasteiger partial charge in [-0.3, -0.25) is 9.69 Å². The highest BCUT2D eigenvalue weighted by molar-refractivity contribution is 5.79. The molecule has 2 fully saturated rings. The zero-order valence-electron chi connectivity index (χ0n) is 9.36. The summed E-state index contributed by atoms with van der Waals surface area (Å²) in [7, 11) is 0. The molecule has 4 heteroatoms. The van der Waals surface area contributed by atoms with Gasteiger partial charge in [-0.25, -0.2) is 0 Å². The average Bonchev–Trinajstić information content (AvgIpc) is 2.44. The van der Waals surface area contributed by atoms with Crippen LogP contribution in [-0.2, 0) is 4.79 Å². The number of primary amides is 1. The molecule has 0 aromatic heterocycles. The summed E-state index contributed by atoms with van der Waals surface area (Å²) < 4.78 is 0. The number of nitrogens with zero attached hydrogens (tertiary/aromatic N) is 1. The van der Waals surface area contributed by atoms with Gasteiger partial charge in [0.1, 0.15) is 0 Å². The van der Waals surface area contributed by atoms with Gasteiger partial charge < -0.3 is 11.5 Å². The summed E-state index contributed by atoms with van der Waals surface area (Å²) in [5, 5.41) is 0. The third-order valence-corrected chi connectivity index (χ3v) is 3.90. The van der Waals surface area contributed by atoms with Gasteiger partial charge in [0.25, 0.3) is 0 Å². The molecule has 0 saturated carbocycles. The molecular formula is C11H21N3O. The summed E-state index contributed by atoms with van der Waals surface area (Å²) >= 11 is 0. The zero-order valence-corrected chi connectivity index (χ0v) is 9.36. The van der Waals surface area contributed by atoms with E-state index in [9.17, 15) is 4.79 Å². The van der Waals surface area contributed by atoms with E-state index in [0.29, 0.717) is 18.1 Å². The van der Waals surface area contributed by atoms with Gasteiger partial charge in [-0.15, -0.1) is 0 Å². The van der Waals surface area contributed by atoms with Crippen molar-refractivity contribution in [2.75, 3.05) is 0 Å². The van der Waals surface area contributed by atoms with Crippen LogP contribution >= 0.6 is 0 Å². The second-order valence-electron chi connectivity index (χ2n) is 4.89. The van der Waals surface area contributed by atoms with E-state index in [4.69, 9.17) is 11.5 Å². The molecule has 86 valence electrons. The molecular weight excluding hydrogens is 190 g/mol. The summed E-state index contributed by atoms with van der Waals surface area (Å²) in [5.74, 6) is -0.176. The summed E-state index contributed by atoms with van der Waals surface area (Å²) in [6, 6.07) is 1.24. The van der Waals surface area contributed by atoms with Crippen LogP contribution in [0.15, 0.2) is 0 Å². The van der Waals surface area contributed by atoms with Crippen LogP contribution in [0.4, 0.5) is 0 Å². The van der Waals surface area contributed by atoms with Crippen molar-refractivity contribution in [3.05, 3.63) is 0 Å². The van der Waals surface area contributed by atoms with Crippen LogP contribution in [0.2, 0.25) is 0 Å². The topological polar surface area (TPSA) is 72.4 Å². The Balaban J connectivity index is 2.13. The maximum atomic E-state index is 11.4. The molecule has 0 aliphatic carbocycles. The Hall–Kier alpha value is -0.610. The van der Waals surface area contributed by atoms with E-state index < -0.39 is 0 Å². The Labute approximate surface area is 91.0 Å². The fraction of sp³-hybridized carbons (Fsp3) is 0.909. The highest BCUT2D eigenvalue weighted by Gasteiger charge is 2.43. The Kier molecular flexibility index (Phi) is 2.98. The van der Waals surface area contributed by atoms with Crippen LogP contribution in [0.3, 0.4) is 0 Å². The lowest BCUT2D eigenvalue weighted by Gasteiger charge is -2.41. The molecule has 15 heavy (non-hydrogen) atoms. The summed E-state index contributed by atoms with van der Waals surface area (Å²) in [6.45, 7) is 2.03. The number of hydrogen-bond acceptors (Lipinski definition) is 3. The number of nitrogens with two attached hydrogens (primary N) is 2. The Morgan fingerprint density at radius 1 is 1.40 bits per heavy atom. The van der Waals surface area contributed by atoms with Gasteiger partial charge in [-0.2, -0.15) is 0 Å². The first-order chi connectivity index (χ1) is 7.13. The molecule has 0 spiro atoms. The summed E-state index contributed by atoms with van der Waals surface area (Å²) in [5.41, 5.74) is 11.4. The highest BCUT2D eigenvalue weighted by atomic mass is 16.1. The fourth-order valence-electron chi connectivity index (χ4n) is 3.32. The largest absolute Gasteiger partial charge is 0.368 e. The van der Waals surface area contributed by atoms with Gasteiger partial charge >= 0.3 is 0 Å². The van der Waals surface area contributed by atoms with Gasteiger partial charge in [0.05, 0.1) is 6.04 Å². The molecule has 3 unspecified atom stereocenters. The van der Waals surface area contributed by atoms with Crippen LogP contribution < -0.4 is 11.5 Å². The van der Waals surface area contributed by atoms with E-state index in [-0.39, 0.29) is 11.9 Å². The van der Waals surface area contributed by atoms with Crippen molar-refractivity contribution in [3.8, 4) is 0 Å². The monoisotopic (exact) mass is 211 g/mol. The van der Waals surface area contributed by atoms with E-state index in [2.05, 4.69) is 4.90 Å². The molecule has 3 atom stereocenters. The molecule has 0 aromatic carbocycles. The lowest BCUT2D eigenvalue weighted by atomic mass is 9.95.